The highest BCUT2D eigenvalue weighted by atomic mass is 16.5. The van der Waals surface area contributed by atoms with Crippen molar-refractivity contribution >= 4 is 11.8 Å². The molecule has 1 saturated heterocycles. The van der Waals surface area contributed by atoms with Gasteiger partial charge in [0.25, 0.3) is 11.8 Å². The summed E-state index contributed by atoms with van der Waals surface area (Å²) >= 11 is 0. The van der Waals surface area contributed by atoms with Crippen molar-refractivity contribution < 1.29 is 19.1 Å². The zero-order valence-electron chi connectivity index (χ0n) is 16.3. The Bertz CT molecular complexity index is 812. The molecule has 0 unspecified atom stereocenters. The number of para-hydroxylation sites is 2. The molecule has 0 aliphatic carbocycles. The van der Waals surface area contributed by atoms with Gasteiger partial charge in [0, 0.05) is 24.7 Å². The third-order valence-electron chi connectivity index (χ3n) is 4.87. The minimum absolute atomic E-state index is 0.0456. The molecule has 1 N–H and O–H groups in total. The molecule has 2 aromatic rings. The topological polar surface area (TPSA) is 67.9 Å². The molecule has 2 amide bonds. The Kier molecular flexibility index (Phi) is 6.53. The summed E-state index contributed by atoms with van der Waals surface area (Å²) in [7, 11) is 1.56. The summed E-state index contributed by atoms with van der Waals surface area (Å²) in [6.07, 6.45) is 1.47. The number of ether oxygens (including phenoxy) is 2. The molecule has 1 heterocycles. The van der Waals surface area contributed by atoms with Gasteiger partial charge in [-0.25, -0.2) is 0 Å². The maximum Gasteiger partial charge on any atom is 0.258 e. The van der Waals surface area contributed by atoms with Crippen molar-refractivity contribution in [2.45, 2.75) is 25.8 Å². The molecule has 1 fully saturated rings. The number of benzene rings is 2. The molecule has 0 atom stereocenters. The Balaban J connectivity index is 1.44. The van der Waals surface area contributed by atoms with E-state index in [-0.39, 0.29) is 24.5 Å². The van der Waals surface area contributed by atoms with Crippen LogP contribution >= 0.6 is 0 Å². The lowest BCUT2D eigenvalue weighted by Crippen LogP contribution is -2.47. The van der Waals surface area contributed by atoms with Crippen LogP contribution in [0.25, 0.3) is 0 Å². The van der Waals surface area contributed by atoms with E-state index in [1.807, 2.05) is 48.2 Å². The first kappa shape index (κ1) is 19.7. The number of hydrogen-bond donors (Lipinski definition) is 1. The van der Waals surface area contributed by atoms with Gasteiger partial charge in [-0.3, -0.25) is 9.59 Å². The van der Waals surface area contributed by atoms with Crippen LogP contribution in [-0.2, 0) is 4.79 Å². The Morgan fingerprint density at radius 3 is 2.32 bits per heavy atom. The van der Waals surface area contributed by atoms with Gasteiger partial charge in [-0.1, -0.05) is 29.8 Å². The number of nitrogens with one attached hydrogen (secondary N) is 1. The average Bonchev–Trinajstić information content (AvgIpc) is 2.73. The minimum Gasteiger partial charge on any atom is -0.493 e. The van der Waals surface area contributed by atoms with Gasteiger partial charge in [0.1, 0.15) is 0 Å². The van der Waals surface area contributed by atoms with Crippen LogP contribution in [0.4, 0.5) is 0 Å². The predicted octanol–water partition coefficient (Wildman–Crippen LogP) is 2.80. The fourth-order valence-corrected chi connectivity index (χ4v) is 3.26. The summed E-state index contributed by atoms with van der Waals surface area (Å²) in [6.45, 7) is 3.19. The van der Waals surface area contributed by atoms with Crippen LogP contribution in [0.15, 0.2) is 48.5 Å². The van der Waals surface area contributed by atoms with Gasteiger partial charge in [-0.05, 0) is 44.0 Å². The largest absolute Gasteiger partial charge is 0.493 e. The summed E-state index contributed by atoms with van der Waals surface area (Å²) in [5.41, 5.74) is 1.84. The SMILES string of the molecule is COc1ccccc1OCC(=O)NC1CCN(C(=O)c2ccc(C)cc2)CC1. The highest BCUT2D eigenvalue weighted by Crippen LogP contribution is 2.25. The molecule has 0 radical (unpaired) electrons. The van der Waals surface area contributed by atoms with Gasteiger partial charge in [0.2, 0.25) is 0 Å². The van der Waals surface area contributed by atoms with Gasteiger partial charge in [-0.2, -0.15) is 0 Å². The summed E-state index contributed by atoms with van der Waals surface area (Å²) in [4.78, 5) is 26.6. The smallest absolute Gasteiger partial charge is 0.258 e. The number of carbonyl (C=O) groups is 2. The molecule has 0 saturated carbocycles. The Morgan fingerprint density at radius 2 is 1.68 bits per heavy atom. The molecule has 1 aliphatic heterocycles. The van der Waals surface area contributed by atoms with Crippen molar-refractivity contribution in [2.24, 2.45) is 0 Å². The molecule has 28 heavy (non-hydrogen) atoms. The molecule has 1 aliphatic rings. The zero-order chi connectivity index (χ0) is 19.9. The van der Waals surface area contributed by atoms with E-state index in [1.165, 1.54) is 0 Å². The number of nitrogens with zero attached hydrogens (tertiary/aromatic N) is 1. The van der Waals surface area contributed by atoms with Crippen LogP contribution in [0, 0.1) is 6.92 Å². The van der Waals surface area contributed by atoms with E-state index in [2.05, 4.69) is 5.32 Å². The molecular formula is C22H26N2O4. The predicted molar refractivity (Wildman–Crippen MR) is 107 cm³/mol. The monoisotopic (exact) mass is 382 g/mol. The molecule has 0 bridgehead atoms. The Labute approximate surface area is 165 Å². The van der Waals surface area contributed by atoms with Crippen LogP contribution in [0.3, 0.4) is 0 Å². The normalized spacial score (nSPS) is 14.4. The summed E-state index contributed by atoms with van der Waals surface area (Å²) in [5.74, 6) is 1.01. The van der Waals surface area contributed by atoms with Gasteiger partial charge in [0.15, 0.2) is 18.1 Å². The second kappa shape index (κ2) is 9.26. The highest BCUT2D eigenvalue weighted by molar-refractivity contribution is 5.94. The van der Waals surface area contributed by atoms with Crippen molar-refractivity contribution in [3.63, 3.8) is 0 Å². The second-order valence-electron chi connectivity index (χ2n) is 6.94. The fourth-order valence-electron chi connectivity index (χ4n) is 3.26. The third kappa shape index (κ3) is 5.03. The van der Waals surface area contributed by atoms with E-state index in [1.54, 1.807) is 19.2 Å². The molecule has 0 aromatic heterocycles. The molecular weight excluding hydrogens is 356 g/mol. The number of rotatable bonds is 6. The lowest BCUT2D eigenvalue weighted by atomic mass is 10.0. The van der Waals surface area contributed by atoms with Crippen molar-refractivity contribution in [1.29, 1.82) is 0 Å². The van der Waals surface area contributed by atoms with E-state index in [0.717, 1.165) is 18.4 Å². The third-order valence-corrected chi connectivity index (χ3v) is 4.87. The van der Waals surface area contributed by atoms with Crippen LogP contribution in [0.1, 0.15) is 28.8 Å². The van der Waals surface area contributed by atoms with E-state index in [0.29, 0.717) is 30.2 Å². The molecule has 0 spiro atoms. The maximum atomic E-state index is 12.6. The first-order valence-electron chi connectivity index (χ1n) is 9.48. The van der Waals surface area contributed by atoms with Crippen molar-refractivity contribution in [1.82, 2.24) is 10.2 Å². The molecule has 3 rings (SSSR count). The Hall–Kier alpha value is -3.02. The van der Waals surface area contributed by atoms with Crippen LogP contribution in [0.5, 0.6) is 11.5 Å². The van der Waals surface area contributed by atoms with Crippen molar-refractivity contribution in [2.75, 3.05) is 26.8 Å². The zero-order valence-corrected chi connectivity index (χ0v) is 16.3. The number of likely N-dealkylation sites (tertiary alicyclic amines) is 1. The maximum absolute atomic E-state index is 12.6. The summed E-state index contributed by atoms with van der Waals surface area (Å²) < 4.78 is 10.8. The standard InChI is InChI=1S/C22H26N2O4/c1-16-7-9-17(10-8-16)22(26)24-13-11-18(12-14-24)23-21(25)15-28-20-6-4-3-5-19(20)27-2/h3-10,18H,11-15H2,1-2H3,(H,23,25). The lowest BCUT2D eigenvalue weighted by molar-refractivity contribution is -0.124. The number of aryl methyl sites for hydroxylation is 1. The first-order chi connectivity index (χ1) is 13.6. The Morgan fingerprint density at radius 1 is 1.04 bits per heavy atom. The average molecular weight is 382 g/mol. The van der Waals surface area contributed by atoms with E-state index in [4.69, 9.17) is 9.47 Å². The number of amides is 2. The van der Waals surface area contributed by atoms with E-state index < -0.39 is 0 Å². The van der Waals surface area contributed by atoms with Crippen LogP contribution in [-0.4, -0.2) is 49.6 Å². The number of methoxy groups -OCH3 is 1. The van der Waals surface area contributed by atoms with Gasteiger partial charge >= 0.3 is 0 Å². The minimum atomic E-state index is -0.172. The summed E-state index contributed by atoms with van der Waals surface area (Å²) in [5, 5.41) is 2.99. The van der Waals surface area contributed by atoms with E-state index >= 15 is 0 Å². The quantitative estimate of drug-likeness (QED) is 0.834. The lowest BCUT2D eigenvalue weighted by Gasteiger charge is -2.32. The number of carbonyl (C=O) groups excluding carboxylic acids is 2. The molecule has 6 heteroatoms. The fraction of sp³-hybridized carbons (Fsp3) is 0.364. The van der Waals surface area contributed by atoms with Crippen molar-refractivity contribution in [3.8, 4) is 11.5 Å². The first-order valence-corrected chi connectivity index (χ1v) is 9.48. The highest BCUT2D eigenvalue weighted by Gasteiger charge is 2.24. The van der Waals surface area contributed by atoms with Gasteiger partial charge in [0.05, 0.1) is 7.11 Å². The molecule has 6 nitrogen and oxygen atoms in total. The van der Waals surface area contributed by atoms with Crippen LogP contribution < -0.4 is 14.8 Å². The van der Waals surface area contributed by atoms with Crippen molar-refractivity contribution in [3.05, 3.63) is 59.7 Å². The number of piperidine rings is 1. The molecule has 2 aromatic carbocycles. The van der Waals surface area contributed by atoms with E-state index in [9.17, 15) is 9.59 Å². The number of hydrogen-bond acceptors (Lipinski definition) is 4. The van der Waals surface area contributed by atoms with Gasteiger partial charge in [-0.15, -0.1) is 0 Å². The van der Waals surface area contributed by atoms with Gasteiger partial charge < -0.3 is 19.7 Å². The molecule has 148 valence electrons. The summed E-state index contributed by atoms with van der Waals surface area (Å²) in [6, 6.07) is 14.9. The second-order valence-corrected chi connectivity index (χ2v) is 6.94. The van der Waals surface area contributed by atoms with Crippen LogP contribution in [0.2, 0.25) is 0 Å².